The molecule has 2 aromatic rings. The van der Waals surface area contributed by atoms with Crippen LogP contribution in [0.15, 0.2) is 24.8 Å². The molecule has 0 aliphatic carbocycles. The summed E-state index contributed by atoms with van der Waals surface area (Å²) in [5.41, 5.74) is 5.64. The predicted octanol–water partition coefficient (Wildman–Crippen LogP) is 0.223. The van der Waals surface area contributed by atoms with Crippen LogP contribution in [0.4, 0.5) is 0 Å². The summed E-state index contributed by atoms with van der Waals surface area (Å²) in [5.74, 6) is 1.72. The molecular weight excluding hydrogens is 166 g/mol. The van der Waals surface area contributed by atoms with Crippen LogP contribution in [0.1, 0.15) is 17.6 Å². The number of nitrogens with one attached hydrogen (secondary N) is 2. The van der Waals surface area contributed by atoms with E-state index in [1.54, 1.807) is 24.8 Å². The second kappa shape index (κ2) is 3.40. The van der Waals surface area contributed by atoms with Gasteiger partial charge in [-0.05, 0) is 0 Å². The van der Waals surface area contributed by atoms with Gasteiger partial charge in [-0.2, -0.15) is 0 Å². The maximum absolute atomic E-state index is 5.64. The summed E-state index contributed by atoms with van der Waals surface area (Å²) >= 11 is 0. The zero-order valence-electron chi connectivity index (χ0n) is 7.07. The molecule has 0 aliphatic rings. The zero-order chi connectivity index (χ0) is 9.10. The number of hydrogen-bond donors (Lipinski definition) is 3. The van der Waals surface area contributed by atoms with Crippen LogP contribution in [0.2, 0.25) is 0 Å². The molecule has 4 N–H and O–H groups in total. The fraction of sp³-hybridized carbons (Fsp3) is 0.250. The van der Waals surface area contributed by atoms with Crippen LogP contribution in [-0.2, 0) is 0 Å². The molecule has 2 heterocycles. The Kier molecular flexibility index (Phi) is 2.09. The van der Waals surface area contributed by atoms with Crippen molar-refractivity contribution < 1.29 is 0 Å². The lowest BCUT2D eigenvalue weighted by molar-refractivity contribution is 0.721. The molecule has 0 spiro atoms. The van der Waals surface area contributed by atoms with E-state index < -0.39 is 0 Å². The monoisotopic (exact) mass is 177 g/mol. The third-order valence-electron chi connectivity index (χ3n) is 1.93. The number of aromatic nitrogens is 4. The van der Waals surface area contributed by atoms with Crippen LogP contribution in [0.25, 0.3) is 0 Å². The van der Waals surface area contributed by atoms with Crippen molar-refractivity contribution in [3.8, 4) is 0 Å². The van der Waals surface area contributed by atoms with Gasteiger partial charge in [-0.15, -0.1) is 0 Å². The van der Waals surface area contributed by atoms with E-state index in [2.05, 4.69) is 19.9 Å². The summed E-state index contributed by atoms with van der Waals surface area (Å²) in [6.45, 7) is 0.487. The number of nitrogens with two attached hydrogens (primary N) is 1. The molecule has 0 aliphatic heterocycles. The van der Waals surface area contributed by atoms with E-state index >= 15 is 0 Å². The first-order valence-corrected chi connectivity index (χ1v) is 4.10. The van der Waals surface area contributed by atoms with Crippen molar-refractivity contribution in [2.75, 3.05) is 6.54 Å². The van der Waals surface area contributed by atoms with Gasteiger partial charge in [0.25, 0.3) is 0 Å². The Morgan fingerprint density at radius 2 is 1.69 bits per heavy atom. The van der Waals surface area contributed by atoms with E-state index in [-0.39, 0.29) is 5.92 Å². The fourth-order valence-electron chi connectivity index (χ4n) is 1.29. The minimum Gasteiger partial charge on any atom is -0.348 e. The quantitative estimate of drug-likeness (QED) is 0.627. The van der Waals surface area contributed by atoms with Gasteiger partial charge in [0.1, 0.15) is 11.6 Å². The molecule has 0 atom stereocenters. The predicted molar refractivity (Wildman–Crippen MR) is 48.1 cm³/mol. The van der Waals surface area contributed by atoms with Crippen LogP contribution >= 0.6 is 0 Å². The van der Waals surface area contributed by atoms with Gasteiger partial charge in [-0.1, -0.05) is 0 Å². The molecule has 0 amide bonds. The lowest BCUT2D eigenvalue weighted by Crippen LogP contribution is -2.16. The van der Waals surface area contributed by atoms with Gasteiger partial charge >= 0.3 is 0 Å². The Labute approximate surface area is 75.4 Å². The Hall–Kier alpha value is -1.62. The van der Waals surface area contributed by atoms with E-state index in [0.29, 0.717) is 6.54 Å². The van der Waals surface area contributed by atoms with Gasteiger partial charge in [0.15, 0.2) is 0 Å². The lowest BCUT2D eigenvalue weighted by atomic mass is 10.1. The molecule has 2 aromatic heterocycles. The highest BCUT2D eigenvalue weighted by Crippen LogP contribution is 2.15. The molecule has 0 saturated carbocycles. The summed E-state index contributed by atoms with van der Waals surface area (Å²) in [7, 11) is 0. The van der Waals surface area contributed by atoms with Gasteiger partial charge in [0.2, 0.25) is 0 Å². The summed E-state index contributed by atoms with van der Waals surface area (Å²) in [6, 6.07) is 0. The number of hydrogen-bond acceptors (Lipinski definition) is 3. The first-order valence-electron chi connectivity index (χ1n) is 4.10. The molecular formula is C8H11N5. The Balaban J connectivity index is 2.29. The standard InChI is InChI=1S/C8H11N5/c9-5-6(7-10-1-2-11-7)8-12-3-4-13-8/h1-4,6H,5,9H2,(H,10,11)(H,12,13). The van der Waals surface area contributed by atoms with Crippen molar-refractivity contribution >= 4 is 0 Å². The molecule has 5 nitrogen and oxygen atoms in total. The Morgan fingerprint density at radius 1 is 1.15 bits per heavy atom. The molecule has 2 rings (SSSR count). The third kappa shape index (κ3) is 1.46. The van der Waals surface area contributed by atoms with E-state index in [4.69, 9.17) is 5.73 Å². The van der Waals surface area contributed by atoms with Crippen LogP contribution in [0, 0.1) is 0 Å². The maximum Gasteiger partial charge on any atom is 0.118 e. The fourth-order valence-corrected chi connectivity index (χ4v) is 1.29. The van der Waals surface area contributed by atoms with Gasteiger partial charge in [-0.25, -0.2) is 9.97 Å². The van der Waals surface area contributed by atoms with Crippen molar-refractivity contribution in [1.29, 1.82) is 0 Å². The number of H-pyrrole nitrogens is 2. The van der Waals surface area contributed by atoms with Crippen LogP contribution in [0.5, 0.6) is 0 Å². The van der Waals surface area contributed by atoms with Crippen molar-refractivity contribution in [1.82, 2.24) is 19.9 Å². The smallest absolute Gasteiger partial charge is 0.118 e. The van der Waals surface area contributed by atoms with E-state index in [1.165, 1.54) is 0 Å². The summed E-state index contributed by atoms with van der Waals surface area (Å²) in [6.07, 6.45) is 6.98. The molecule has 0 saturated heterocycles. The largest absolute Gasteiger partial charge is 0.348 e. The topological polar surface area (TPSA) is 83.4 Å². The van der Waals surface area contributed by atoms with Gasteiger partial charge in [0, 0.05) is 31.3 Å². The number of imidazole rings is 2. The SMILES string of the molecule is NCC(c1ncc[nH]1)c1ncc[nH]1. The summed E-state index contributed by atoms with van der Waals surface area (Å²) in [5, 5.41) is 0. The van der Waals surface area contributed by atoms with Gasteiger partial charge in [-0.3, -0.25) is 0 Å². The molecule has 68 valence electrons. The van der Waals surface area contributed by atoms with Crippen molar-refractivity contribution in [2.24, 2.45) is 5.73 Å². The first-order chi connectivity index (χ1) is 6.42. The molecule has 5 heteroatoms. The van der Waals surface area contributed by atoms with E-state index in [1.807, 2.05) is 0 Å². The van der Waals surface area contributed by atoms with Crippen molar-refractivity contribution in [2.45, 2.75) is 5.92 Å². The van der Waals surface area contributed by atoms with Crippen molar-refractivity contribution in [3.63, 3.8) is 0 Å². The molecule has 0 aromatic carbocycles. The maximum atomic E-state index is 5.64. The van der Waals surface area contributed by atoms with Gasteiger partial charge in [0.05, 0.1) is 5.92 Å². The highest BCUT2D eigenvalue weighted by Gasteiger charge is 2.16. The normalized spacial score (nSPS) is 10.9. The molecule has 0 bridgehead atoms. The number of aromatic amines is 2. The molecule has 0 unspecified atom stereocenters. The minimum atomic E-state index is 0.0324. The van der Waals surface area contributed by atoms with Crippen LogP contribution in [0.3, 0.4) is 0 Å². The highest BCUT2D eigenvalue weighted by atomic mass is 15.0. The average Bonchev–Trinajstić information content (AvgIpc) is 2.76. The van der Waals surface area contributed by atoms with Crippen LogP contribution < -0.4 is 5.73 Å². The van der Waals surface area contributed by atoms with E-state index in [9.17, 15) is 0 Å². The van der Waals surface area contributed by atoms with Gasteiger partial charge < -0.3 is 15.7 Å². The summed E-state index contributed by atoms with van der Waals surface area (Å²) < 4.78 is 0. The number of rotatable bonds is 3. The minimum absolute atomic E-state index is 0.0324. The molecule has 0 fully saturated rings. The first kappa shape index (κ1) is 8.00. The molecule has 0 radical (unpaired) electrons. The number of nitrogens with zero attached hydrogens (tertiary/aromatic N) is 2. The second-order valence-electron chi connectivity index (χ2n) is 2.74. The Morgan fingerprint density at radius 3 is 2.00 bits per heavy atom. The zero-order valence-corrected chi connectivity index (χ0v) is 7.07. The second-order valence-corrected chi connectivity index (χ2v) is 2.74. The van der Waals surface area contributed by atoms with Crippen LogP contribution in [-0.4, -0.2) is 26.5 Å². The lowest BCUT2D eigenvalue weighted by Gasteiger charge is -2.07. The van der Waals surface area contributed by atoms with Crippen molar-refractivity contribution in [3.05, 3.63) is 36.4 Å². The van der Waals surface area contributed by atoms with E-state index in [0.717, 1.165) is 11.6 Å². The third-order valence-corrected chi connectivity index (χ3v) is 1.93. The molecule has 13 heavy (non-hydrogen) atoms. The Bertz CT molecular complexity index is 302. The summed E-state index contributed by atoms with van der Waals surface area (Å²) in [4.78, 5) is 14.3. The highest BCUT2D eigenvalue weighted by molar-refractivity contribution is 5.11. The average molecular weight is 177 g/mol.